The third-order valence-corrected chi connectivity index (χ3v) is 6.84. The second-order valence-electron chi connectivity index (χ2n) is 7.82. The topological polar surface area (TPSA) is 29.5 Å². The molecule has 1 saturated heterocycles. The quantitative estimate of drug-likeness (QED) is 0.792. The van der Waals surface area contributed by atoms with E-state index in [-0.39, 0.29) is 12.3 Å². The fourth-order valence-electron chi connectivity index (χ4n) is 5.19. The first-order chi connectivity index (χ1) is 10.6. The van der Waals surface area contributed by atoms with Crippen molar-refractivity contribution in [3.05, 3.63) is 35.9 Å². The highest BCUT2D eigenvalue weighted by atomic mass is 16.5. The van der Waals surface area contributed by atoms with Crippen LogP contribution in [-0.2, 0) is 9.53 Å². The van der Waals surface area contributed by atoms with Crippen molar-refractivity contribution >= 4 is 6.41 Å². The lowest BCUT2D eigenvalue weighted by Gasteiger charge is -2.30. The molecule has 1 aromatic carbocycles. The van der Waals surface area contributed by atoms with E-state index in [0.717, 1.165) is 24.3 Å². The van der Waals surface area contributed by atoms with Gasteiger partial charge < -0.3 is 9.64 Å². The molecule has 3 aliphatic rings. The summed E-state index contributed by atoms with van der Waals surface area (Å²) >= 11 is 0. The second kappa shape index (κ2) is 4.82. The lowest BCUT2D eigenvalue weighted by Crippen LogP contribution is -2.32. The molecule has 3 nitrogen and oxygen atoms in total. The number of hydrogen-bond donors (Lipinski definition) is 0. The highest BCUT2D eigenvalue weighted by Crippen LogP contribution is 2.79. The number of ether oxygens (including phenoxy) is 1. The molecule has 1 aliphatic heterocycles. The summed E-state index contributed by atoms with van der Waals surface area (Å²) < 4.78 is 5.97. The first kappa shape index (κ1) is 14.3. The van der Waals surface area contributed by atoms with Crippen LogP contribution in [0.25, 0.3) is 0 Å². The Hall–Kier alpha value is -1.35. The Morgan fingerprint density at radius 2 is 2.00 bits per heavy atom. The molecule has 0 radical (unpaired) electrons. The second-order valence-corrected chi connectivity index (χ2v) is 7.82. The molecule has 3 heteroatoms. The number of nitrogens with zero attached hydrogens (tertiary/aromatic N) is 1. The molecule has 1 aromatic rings. The smallest absolute Gasteiger partial charge is 0.212 e. The summed E-state index contributed by atoms with van der Waals surface area (Å²) in [5, 5.41) is 0. The van der Waals surface area contributed by atoms with E-state index in [1.165, 1.54) is 19.3 Å². The van der Waals surface area contributed by atoms with Gasteiger partial charge in [-0.2, -0.15) is 0 Å². The van der Waals surface area contributed by atoms with Gasteiger partial charge in [-0.05, 0) is 36.0 Å². The Balaban J connectivity index is 1.49. The van der Waals surface area contributed by atoms with Crippen molar-refractivity contribution in [2.45, 2.75) is 51.8 Å². The average Bonchev–Trinajstić information content (AvgIpc) is 2.80. The molecule has 1 heterocycles. The Morgan fingerprint density at radius 3 is 2.55 bits per heavy atom. The van der Waals surface area contributed by atoms with Crippen LogP contribution in [0.15, 0.2) is 30.3 Å². The molecule has 3 atom stereocenters. The maximum absolute atomic E-state index is 11.7. The van der Waals surface area contributed by atoms with Crippen LogP contribution in [0, 0.1) is 16.7 Å². The van der Waals surface area contributed by atoms with Gasteiger partial charge >= 0.3 is 0 Å². The predicted molar refractivity (Wildman–Crippen MR) is 85.0 cm³/mol. The molecule has 0 N–H and O–H groups in total. The van der Waals surface area contributed by atoms with E-state index in [1.807, 2.05) is 35.2 Å². The van der Waals surface area contributed by atoms with E-state index in [4.69, 9.17) is 4.74 Å². The Labute approximate surface area is 132 Å². The molecule has 3 fully saturated rings. The van der Waals surface area contributed by atoms with Crippen molar-refractivity contribution in [1.82, 2.24) is 4.90 Å². The van der Waals surface area contributed by atoms with Gasteiger partial charge in [-0.15, -0.1) is 0 Å². The van der Waals surface area contributed by atoms with Crippen LogP contribution in [0.2, 0.25) is 0 Å². The summed E-state index contributed by atoms with van der Waals surface area (Å²) in [5.74, 6) is 0.749. The van der Waals surface area contributed by atoms with Crippen LogP contribution in [0.3, 0.4) is 0 Å². The first-order valence-electron chi connectivity index (χ1n) is 8.49. The van der Waals surface area contributed by atoms with Crippen molar-refractivity contribution < 1.29 is 9.53 Å². The minimum absolute atomic E-state index is 0.206. The van der Waals surface area contributed by atoms with Gasteiger partial charge in [0.1, 0.15) is 0 Å². The summed E-state index contributed by atoms with van der Waals surface area (Å²) in [6, 6.07) is 10.3. The summed E-state index contributed by atoms with van der Waals surface area (Å²) in [6.07, 6.45) is 6.00. The van der Waals surface area contributed by atoms with Gasteiger partial charge in [-0.1, -0.05) is 50.6 Å². The van der Waals surface area contributed by atoms with Crippen LogP contribution in [0.4, 0.5) is 0 Å². The van der Waals surface area contributed by atoms with Gasteiger partial charge in [0.25, 0.3) is 0 Å². The zero-order valence-electron chi connectivity index (χ0n) is 13.5. The third kappa shape index (κ3) is 1.81. The average molecular weight is 299 g/mol. The standard InChI is InChI=1S/C19H25NO2/c1-18(2)16(19(18)9-6-10-19)11-15-12-22-17(20(15)13-21)14-7-4-3-5-8-14/h3-5,7-8,13,15-17H,6,9-12H2,1-2H3/t15?,16-,17+/m0/s1. The van der Waals surface area contributed by atoms with Gasteiger partial charge in [-0.25, -0.2) is 0 Å². The van der Waals surface area contributed by atoms with Gasteiger partial charge in [-0.3, -0.25) is 4.79 Å². The van der Waals surface area contributed by atoms with E-state index in [0.29, 0.717) is 17.4 Å². The largest absolute Gasteiger partial charge is 0.352 e. The summed E-state index contributed by atoms with van der Waals surface area (Å²) in [6.45, 7) is 5.49. The minimum Gasteiger partial charge on any atom is -0.352 e. The number of rotatable bonds is 4. The Kier molecular flexibility index (Phi) is 3.12. The maximum atomic E-state index is 11.7. The lowest BCUT2D eigenvalue weighted by atomic mass is 9.75. The van der Waals surface area contributed by atoms with Gasteiger partial charge in [0.15, 0.2) is 6.23 Å². The minimum atomic E-state index is -0.206. The molecular formula is C19H25NO2. The number of carbonyl (C=O) groups is 1. The molecule has 22 heavy (non-hydrogen) atoms. The molecule has 1 spiro atoms. The highest BCUT2D eigenvalue weighted by molar-refractivity contribution is 5.50. The Bertz CT molecular complexity index is 564. The van der Waals surface area contributed by atoms with Crippen molar-refractivity contribution in [3.8, 4) is 0 Å². The molecule has 4 rings (SSSR count). The Morgan fingerprint density at radius 1 is 1.27 bits per heavy atom. The van der Waals surface area contributed by atoms with E-state index in [9.17, 15) is 4.79 Å². The van der Waals surface area contributed by atoms with E-state index in [1.54, 1.807) is 0 Å². The number of hydrogen-bond acceptors (Lipinski definition) is 2. The lowest BCUT2D eigenvalue weighted by molar-refractivity contribution is -0.124. The molecular weight excluding hydrogens is 274 g/mol. The van der Waals surface area contributed by atoms with E-state index >= 15 is 0 Å². The molecule has 2 saturated carbocycles. The number of carbonyl (C=O) groups excluding carboxylic acids is 1. The van der Waals surface area contributed by atoms with Crippen LogP contribution in [-0.4, -0.2) is 24.0 Å². The molecule has 0 aromatic heterocycles. The van der Waals surface area contributed by atoms with Crippen molar-refractivity contribution in [3.63, 3.8) is 0 Å². The van der Waals surface area contributed by atoms with Gasteiger partial charge in [0.05, 0.1) is 12.6 Å². The van der Waals surface area contributed by atoms with Gasteiger partial charge in [0.2, 0.25) is 6.41 Å². The van der Waals surface area contributed by atoms with Crippen LogP contribution in [0.5, 0.6) is 0 Å². The zero-order chi connectivity index (χ0) is 15.4. The fourth-order valence-corrected chi connectivity index (χ4v) is 5.19. The van der Waals surface area contributed by atoms with Crippen molar-refractivity contribution in [2.24, 2.45) is 16.7 Å². The first-order valence-corrected chi connectivity index (χ1v) is 8.49. The summed E-state index contributed by atoms with van der Waals surface area (Å²) in [7, 11) is 0. The SMILES string of the molecule is CC1(C)[C@H](CC2CO[C@H](c3ccccc3)N2C=O)C12CCC2. The summed E-state index contributed by atoms with van der Waals surface area (Å²) in [5.41, 5.74) is 2.10. The van der Waals surface area contributed by atoms with Crippen LogP contribution >= 0.6 is 0 Å². The normalized spacial score (nSPS) is 34.5. The van der Waals surface area contributed by atoms with E-state index in [2.05, 4.69) is 13.8 Å². The highest BCUT2D eigenvalue weighted by Gasteiger charge is 2.72. The number of benzene rings is 1. The monoisotopic (exact) mass is 299 g/mol. The van der Waals surface area contributed by atoms with Crippen LogP contribution < -0.4 is 0 Å². The van der Waals surface area contributed by atoms with Crippen molar-refractivity contribution in [2.75, 3.05) is 6.61 Å². The fraction of sp³-hybridized carbons (Fsp3) is 0.632. The van der Waals surface area contributed by atoms with E-state index < -0.39 is 0 Å². The van der Waals surface area contributed by atoms with Gasteiger partial charge in [0, 0.05) is 5.56 Å². The zero-order valence-corrected chi connectivity index (χ0v) is 13.5. The molecule has 1 amide bonds. The summed E-state index contributed by atoms with van der Waals surface area (Å²) in [4.78, 5) is 13.6. The molecule has 0 bridgehead atoms. The maximum Gasteiger partial charge on any atom is 0.212 e. The predicted octanol–water partition coefficient (Wildman–Crippen LogP) is 3.76. The third-order valence-electron chi connectivity index (χ3n) is 6.84. The molecule has 2 aliphatic carbocycles. The molecule has 118 valence electrons. The van der Waals surface area contributed by atoms with Crippen molar-refractivity contribution in [1.29, 1.82) is 0 Å². The molecule has 1 unspecified atom stereocenters. The number of amides is 1. The van der Waals surface area contributed by atoms with Crippen LogP contribution in [0.1, 0.15) is 51.3 Å².